The third-order valence-corrected chi connectivity index (χ3v) is 6.18. The van der Waals surface area contributed by atoms with Gasteiger partial charge in [-0.2, -0.15) is 4.98 Å². The third kappa shape index (κ3) is 3.60. The van der Waals surface area contributed by atoms with Crippen LogP contribution in [0.4, 0.5) is 8.78 Å². The molecular formula is C24H20F2N4O4. The Bertz CT molecular complexity index is 1340. The molecule has 10 heteroatoms. The van der Waals surface area contributed by atoms with Crippen LogP contribution in [-0.4, -0.2) is 56.6 Å². The van der Waals surface area contributed by atoms with Crippen LogP contribution in [0, 0.1) is 11.6 Å². The van der Waals surface area contributed by atoms with Crippen molar-refractivity contribution >= 4 is 11.0 Å². The van der Waals surface area contributed by atoms with Crippen LogP contribution in [0.15, 0.2) is 42.7 Å². The molecule has 4 aromatic rings. The molecule has 4 heterocycles. The fourth-order valence-corrected chi connectivity index (χ4v) is 4.47. The van der Waals surface area contributed by atoms with Gasteiger partial charge in [-0.15, -0.1) is 0 Å². The van der Waals surface area contributed by atoms with Crippen molar-refractivity contribution in [1.29, 1.82) is 0 Å². The zero-order chi connectivity index (χ0) is 23.2. The number of fused-ring (bicyclic) bond motifs is 2. The predicted octanol–water partition coefficient (Wildman–Crippen LogP) is 3.39. The average Bonchev–Trinajstić information content (AvgIpc) is 3.57. The van der Waals surface area contributed by atoms with Crippen LogP contribution in [0.1, 0.15) is 12.2 Å². The van der Waals surface area contributed by atoms with Gasteiger partial charge in [-0.1, -0.05) is 24.3 Å². The van der Waals surface area contributed by atoms with E-state index in [1.54, 1.807) is 36.7 Å². The highest BCUT2D eigenvalue weighted by atomic mass is 19.1. The van der Waals surface area contributed by atoms with E-state index in [4.69, 9.17) is 19.3 Å². The molecule has 0 aliphatic carbocycles. The van der Waals surface area contributed by atoms with Crippen molar-refractivity contribution in [3.63, 3.8) is 0 Å². The number of imidazole rings is 1. The molecule has 8 nitrogen and oxygen atoms in total. The van der Waals surface area contributed by atoms with Crippen LogP contribution in [0.3, 0.4) is 0 Å². The summed E-state index contributed by atoms with van der Waals surface area (Å²) in [4.78, 5) is 15.2. The van der Waals surface area contributed by atoms with Gasteiger partial charge in [0.1, 0.15) is 24.0 Å². The molecule has 2 aromatic heterocycles. The number of nitrogens with zero attached hydrogens (tertiary/aromatic N) is 3. The molecule has 2 N–H and O–H groups in total. The fourth-order valence-electron chi connectivity index (χ4n) is 4.47. The zero-order valence-electron chi connectivity index (χ0n) is 17.9. The summed E-state index contributed by atoms with van der Waals surface area (Å²) in [5.41, 5.74) is 1.88. The van der Waals surface area contributed by atoms with Crippen LogP contribution in [-0.2, 0) is 16.1 Å². The maximum atomic E-state index is 15.4. The zero-order valence-corrected chi connectivity index (χ0v) is 17.9. The molecule has 6 rings (SSSR count). The lowest BCUT2D eigenvalue weighted by atomic mass is 10.0. The van der Waals surface area contributed by atoms with Crippen LogP contribution in [0.5, 0.6) is 6.01 Å². The van der Waals surface area contributed by atoms with E-state index >= 15 is 4.39 Å². The number of hydrogen-bond donors (Lipinski definition) is 2. The van der Waals surface area contributed by atoms with E-state index in [-0.39, 0.29) is 47.5 Å². The van der Waals surface area contributed by atoms with Gasteiger partial charge in [0.05, 0.1) is 23.8 Å². The summed E-state index contributed by atoms with van der Waals surface area (Å²) < 4.78 is 47.5. The summed E-state index contributed by atoms with van der Waals surface area (Å²) in [6.07, 6.45) is 3.43. The maximum absolute atomic E-state index is 15.4. The molecule has 34 heavy (non-hydrogen) atoms. The van der Waals surface area contributed by atoms with Gasteiger partial charge >= 0.3 is 0 Å². The summed E-state index contributed by atoms with van der Waals surface area (Å²) in [5, 5.41) is 9.07. The molecule has 174 valence electrons. The Morgan fingerprint density at radius 3 is 2.59 bits per heavy atom. The average molecular weight is 466 g/mol. The molecule has 2 aliphatic heterocycles. The number of halogens is 2. The summed E-state index contributed by atoms with van der Waals surface area (Å²) in [7, 11) is 0. The molecule has 0 spiro atoms. The van der Waals surface area contributed by atoms with Gasteiger partial charge in [-0.3, -0.25) is 0 Å². The van der Waals surface area contributed by atoms with E-state index in [9.17, 15) is 4.39 Å². The molecule has 0 bridgehead atoms. The van der Waals surface area contributed by atoms with Crippen LogP contribution in [0.25, 0.3) is 33.3 Å². The van der Waals surface area contributed by atoms with E-state index in [1.807, 2.05) is 0 Å². The van der Waals surface area contributed by atoms with Crippen molar-refractivity contribution in [2.24, 2.45) is 0 Å². The molecule has 3 atom stereocenters. The number of aliphatic hydroxyl groups is 1. The normalized spacial score (nSPS) is 21.8. The number of benzene rings is 2. The molecule has 0 amide bonds. The highest BCUT2D eigenvalue weighted by Crippen LogP contribution is 2.34. The molecule has 0 unspecified atom stereocenters. The lowest BCUT2D eigenvalue weighted by Crippen LogP contribution is -2.32. The number of aromatic nitrogens is 4. The van der Waals surface area contributed by atoms with Crippen molar-refractivity contribution in [2.75, 3.05) is 13.2 Å². The predicted molar refractivity (Wildman–Crippen MR) is 117 cm³/mol. The molecule has 0 saturated carbocycles. The minimum Gasteiger partial charge on any atom is -0.456 e. The quantitative estimate of drug-likeness (QED) is 0.465. The highest BCUT2D eigenvalue weighted by molar-refractivity contribution is 5.84. The van der Waals surface area contributed by atoms with Gasteiger partial charge in [0.15, 0.2) is 17.7 Å². The molecular weight excluding hydrogens is 446 g/mol. The first-order chi connectivity index (χ1) is 16.6. The van der Waals surface area contributed by atoms with Crippen LogP contribution < -0.4 is 4.74 Å². The van der Waals surface area contributed by atoms with Crippen LogP contribution >= 0.6 is 0 Å². The van der Waals surface area contributed by atoms with Gasteiger partial charge in [-0.05, 0) is 17.5 Å². The fraction of sp³-hybridized carbons (Fsp3) is 0.292. The van der Waals surface area contributed by atoms with Gasteiger partial charge < -0.3 is 24.3 Å². The first kappa shape index (κ1) is 21.1. The van der Waals surface area contributed by atoms with Gasteiger partial charge in [0.25, 0.3) is 6.01 Å². The SMILES string of the molecule is OCc1ncc(-c2ccc(-c3c(F)cc4[nH]c(O[C@@H]5CO[C@@H]6CCO[C@@H]65)nc4c3F)cc2)cn1. The number of nitrogens with one attached hydrogen (secondary N) is 1. The van der Waals surface area contributed by atoms with E-state index in [1.165, 1.54) is 6.07 Å². The second-order valence-corrected chi connectivity index (χ2v) is 8.26. The molecule has 0 radical (unpaired) electrons. The van der Waals surface area contributed by atoms with E-state index < -0.39 is 11.6 Å². The number of rotatable bonds is 5. The number of H-pyrrole nitrogens is 1. The molecule has 2 aromatic carbocycles. The Hall–Kier alpha value is -3.47. The number of hydrogen-bond acceptors (Lipinski definition) is 7. The third-order valence-electron chi connectivity index (χ3n) is 6.18. The summed E-state index contributed by atoms with van der Waals surface area (Å²) >= 11 is 0. The van der Waals surface area contributed by atoms with E-state index in [2.05, 4.69) is 19.9 Å². The molecule has 2 aliphatic rings. The minimum atomic E-state index is -0.776. The lowest BCUT2D eigenvalue weighted by Gasteiger charge is -2.15. The molecule has 2 fully saturated rings. The second-order valence-electron chi connectivity index (χ2n) is 8.26. The maximum Gasteiger partial charge on any atom is 0.295 e. The van der Waals surface area contributed by atoms with Crippen molar-refractivity contribution in [3.8, 4) is 28.3 Å². The Morgan fingerprint density at radius 1 is 1.06 bits per heavy atom. The highest BCUT2D eigenvalue weighted by Gasteiger charge is 2.43. The Labute approximate surface area is 192 Å². The van der Waals surface area contributed by atoms with Crippen molar-refractivity contribution in [2.45, 2.75) is 31.3 Å². The summed E-state index contributed by atoms with van der Waals surface area (Å²) in [5.74, 6) is -1.18. The van der Waals surface area contributed by atoms with Crippen molar-refractivity contribution < 1.29 is 28.1 Å². The molecule has 2 saturated heterocycles. The second kappa shape index (κ2) is 8.39. The Morgan fingerprint density at radius 2 is 1.82 bits per heavy atom. The smallest absolute Gasteiger partial charge is 0.295 e. The standard InChI is InChI=1S/C24H20F2N4O4/c25-15-7-16-22(30-24(29-16)34-18-11-33-17-5-6-32-23(17)18)21(26)20(15)13-3-1-12(2-4-13)14-8-27-19(10-31)28-9-14/h1-4,7-9,17-18,23,31H,5-6,10-11H2,(H,29,30)/t17-,18-,23+/m1/s1. The largest absolute Gasteiger partial charge is 0.456 e. The van der Waals surface area contributed by atoms with E-state index in [0.29, 0.717) is 24.6 Å². The number of aromatic amines is 1. The topological polar surface area (TPSA) is 102 Å². The minimum absolute atomic E-state index is 0.00249. The summed E-state index contributed by atoms with van der Waals surface area (Å²) in [6.45, 7) is 0.719. The first-order valence-electron chi connectivity index (χ1n) is 10.9. The van der Waals surface area contributed by atoms with Crippen molar-refractivity contribution in [3.05, 3.63) is 60.2 Å². The van der Waals surface area contributed by atoms with Gasteiger partial charge in [0, 0.05) is 30.6 Å². The van der Waals surface area contributed by atoms with Gasteiger partial charge in [-0.25, -0.2) is 18.7 Å². The van der Waals surface area contributed by atoms with Crippen molar-refractivity contribution in [1.82, 2.24) is 19.9 Å². The number of aliphatic hydroxyl groups excluding tert-OH is 1. The lowest BCUT2D eigenvalue weighted by molar-refractivity contribution is 0.0273. The summed E-state index contributed by atoms with van der Waals surface area (Å²) in [6, 6.07) is 8.01. The Balaban J connectivity index is 1.29. The monoisotopic (exact) mass is 466 g/mol. The van der Waals surface area contributed by atoms with Gasteiger partial charge in [0.2, 0.25) is 0 Å². The first-order valence-corrected chi connectivity index (χ1v) is 10.9. The number of ether oxygens (including phenoxy) is 3. The van der Waals surface area contributed by atoms with Crippen LogP contribution in [0.2, 0.25) is 0 Å². The van der Waals surface area contributed by atoms with E-state index in [0.717, 1.165) is 17.5 Å². The Kier molecular flexibility index (Phi) is 5.20.